The number of amides is 3. The van der Waals surface area contributed by atoms with Crippen molar-refractivity contribution < 1.29 is 27.8 Å². The summed E-state index contributed by atoms with van der Waals surface area (Å²) in [4.78, 5) is 27.1. The van der Waals surface area contributed by atoms with Crippen LogP contribution in [-0.4, -0.2) is 79.7 Å². The minimum absolute atomic E-state index is 0.198. The lowest BCUT2D eigenvalue weighted by molar-refractivity contribution is -0.122. The molecule has 0 bridgehead atoms. The van der Waals surface area contributed by atoms with Gasteiger partial charge in [-0.15, -0.1) is 5.10 Å². The molecule has 39 heavy (non-hydrogen) atoms. The molecule has 0 radical (unpaired) electrons. The number of methoxy groups -OCH3 is 1. The van der Waals surface area contributed by atoms with E-state index in [1.54, 1.807) is 20.1 Å². The first-order valence-electron chi connectivity index (χ1n) is 12.5. The third-order valence-electron chi connectivity index (χ3n) is 6.63. The van der Waals surface area contributed by atoms with Crippen molar-refractivity contribution in [3.05, 3.63) is 71.3 Å². The van der Waals surface area contributed by atoms with E-state index < -0.39 is 17.7 Å². The molecule has 2 heterocycles. The SMILES string of the molecule is CNC(=O)COc1nn(-c2ccccc2)c(NC(=O)N[C@@H]2CN(CCOC)C[C@H]2c2ccc(F)c(F)c2)c1C. The van der Waals surface area contributed by atoms with Gasteiger partial charge in [0.2, 0.25) is 5.88 Å². The third-order valence-corrected chi connectivity index (χ3v) is 6.63. The zero-order valence-corrected chi connectivity index (χ0v) is 22.0. The van der Waals surface area contributed by atoms with Gasteiger partial charge in [0.1, 0.15) is 5.82 Å². The Bertz CT molecular complexity index is 1300. The Morgan fingerprint density at radius 1 is 1.10 bits per heavy atom. The van der Waals surface area contributed by atoms with Gasteiger partial charge in [-0.25, -0.2) is 18.3 Å². The minimum atomic E-state index is -0.933. The van der Waals surface area contributed by atoms with Gasteiger partial charge in [-0.3, -0.25) is 15.0 Å². The van der Waals surface area contributed by atoms with Gasteiger partial charge in [0.15, 0.2) is 18.2 Å². The number of carbonyl (C=O) groups is 2. The summed E-state index contributed by atoms with van der Waals surface area (Å²) in [5, 5.41) is 12.8. The highest BCUT2D eigenvalue weighted by molar-refractivity contribution is 5.90. The molecule has 3 aromatic rings. The number of carbonyl (C=O) groups excluding carboxylic acids is 2. The first-order valence-corrected chi connectivity index (χ1v) is 12.5. The number of likely N-dealkylation sites (tertiary alicyclic amines) is 1. The Balaban J connectivity index is 1.56. The van der Waals surface area contributed by atoms with Gasteiger partial charge in [-0.2, -0.15) is 0 Å². The molecule has 2 aromatic carbocycles. The average molecular weight is 543 g/mol. The van der Waals surface area contributed by atoms with Crippen LogP contribution in [0, 0.1) is 18.6 Å². The molecular weight excluding hydrogens is 510 g/mol. The molecule has 1 fully saturated rings. The number of rotatable bonds is 10. The van der Waals surface area contributed by atoms with Crippen LogP contribution in [0.15, 0.2) is 48.5 Å². The summed E-state index contributed by atoms with van der Waals surface area (Å²) in [6, 6.07) is 12.1. The van der Waals surface area contributed by atoms with Crippen LogP contribution in [0.3, 0.4) is 0 Å². The number of para-hydroxylation sites is 1. The summed E-state index contributed by atoms with van der Waals surface area (Å²) in [5.74, 6) is -1.88. The minimum Gasteiger partial charge on any atom is -0.466 e. The maximum atomic E-state index is 14.0. The summed E-state index contributed by atoms with van der Waals surface area (Å²) >= 11 is 0. The van der Waals surface area contributed by atoms with Crippen LogP contribution in [0.2, 0.25) is 0 Å². The summed E-state index contributed by atoms with van der Waals surface area (Å²) in [6.45, 7) is 3.66. The number of ether oxygens (including phenoxy) is 2. The first-order chi connectivity index (χ1) is 18.8. The molecule has 1 saturated heterocycles. The predicted molar refractivity (Wildman–Crippen MR) is 141 cm³/mol. The van der Waals surface area contributed by atoms with Crippen LogP contribution in [0.1, 0.15) is 17.0 Å². The summed E-state index contributed by atoms with van der Waals surface area (Å²) in [5.41, 5.74) is 1.80. The van der Waals surface area contributed by atoms with Crippen molar-refractivity contribution >= 4 is 17.8 Å². The van der Waals surface area contributed by atoms with E-state index in [-0.39, 0.29) is 30.4 Å². The van der Waals surface area contributed by atoms with Crippen LogP contribution in [0.25, 0.3) is 5.69 Å². The molecule has 0 unspecified atom stereocenters. The Morgan fingerprint density at radius 2 is 1.87 bits per heavy atom. The topological polar surface area (TPSA) is 110 Å². The maximum Gasteiger partial charge on any atom is 0.320 e. The van der Waals surface area contributed by atoms with Gasteiger partial charge in [0, 0.05) is 39.7 Å². The van der Waals surface area contributed by atoms with Crippen molar-refractivity contribution in [2.75, 3.05) is 52.3 Å². The summed E-state index contributed by atoms with van der Waals surface area (Å²) in [6.07, 6.45) is 0. The number of urea groups is 1. The molecule has 4 rings (SSSR count). The number of anilines is 1. The highest BCUT2D eigenvalue weighted by atomic mass is 19.2. The number of halogens is 2. The Kier molecular flexibility index (Phi) is 9.10. The molecule has 10 nitrogen and oxygen atoms in total. The largest absolute Gasteiger partial charge is 0.466 e. The lowest BCUT2D eigenvalue weighted by atomic mass is 9.94. The molecule has 208 valence electrons. The molecular formula is C27H32F2N6O4. The fourth-order valence-electron chi connectivity index (χ4n) is 4.55. The van der Waals surface area contributed by atoms with Crippen molar-refractivity contribution in [1.29, 1.82) is 0 Å². The molecule has 1 aromatic heterocycles. The molecule has 3 amide bonds. The number of nitrogens with zero attached hydrogens (tertiary/aromatic N) is 3. The van der Waals surface area contributed by atoms with E-state index in [1.807, 2.05) is 30.3 Å². The van der Waals surface area contributed by atoms with E-state index in [4.69, 9.17) is 9.47 Å². The highest BCUT2D eigenvalue weighted by Gasteiger charge is 2.35. The maximum absolute atomic E-state index is 14.0. The van der Waals surface area contributed by atoms with Gasteiger partial charge < -0.3 is 20.1 Å². The Morgan fingerprint density at radius 3 is 2.56 bits per heavy atom. The number of likely N-dealkylation sites (N-methyl/N-ethyl adjacent to an activating group) is 1. The van der Waals surface area contributed by atoms with Crippen molar-refractivity contribution in [3.8, 4) is 11.6 Å². The fourth-order valence-corrected chi connectivity index (χ4v) is 4.55. The second-order valence-corrected chi connectivity index (χ2v) is 9.23. The van der Waals surface area contributed by atoms with Crippen molar-refractivity contribution in [2.24, 2.45) is 0 Å². The van der Waals surface area contributed by atoms with Crippen LogP contribution < -0.4 is 20.7 Å². The number of nitrogens with one attached hydrogen (secondary N) is 3. The third kappa shape index (κ3) is 6.70. The lowest BCUT2D eigenvalue weighted by Gasteiger charge is -2.21. The smallest absolute Gasteiger partial charge is 0.320 e. The molecule has 2 atom stereocenters. The summed E-state index contributed by atoms with van der Waals surface area (Å²) in [7, 11) is 3.11. The highest BCUT2D eigenvalue weighted by Crippen LogP contribution is 2.30. The zero-order chi connectivity index (χ0) is 27.9. The number of hydrogen-bond acceptors (Lipinski definition) is 6. The first kappa shape index (κ1) is 28.0. The Hall–Kier alpha value is -4.03. The van der Waals surface area contributed by atoms with E-state index in [0.29, 0.717) is 48.9 Å². The number of aromatic nitrogens is 2. The zero-order valence-electron chi connectivity index (χ0n) is 22.0. The van der Waals surface area contributed by atoms with Crippen LogP contribution in [-0.2, 0) is 9.53 Å². The fraction of sp³-hybridized carbons (Fsp3) is 0.370. The quantitative estimate of drug-likeness (QED) is 0.364. The van der Waals surface area contributed by atoms with E-state index in [9.17, 15) is 18.4 Å². The van der Waals surface area contributed by atoms with Crippen LogP contribution in [0.4, 0.5) is 19.4 Å². The monoisotopic (exact) mass is 542 g/mol. The molecule has 12 heteroatoms. The molecule has 1 aliphatic heterocycles. The van der Waals surface area contributed by atoms with Gasteiger partial charge in [-0.1, -0.05) is 24.3 Å². The van der Waals surface area contributed by atoms with Gasteiger partial charge in [0.05, 0.1) is 23.9 Å². The van der Waals surface area contributed by atoms with Crippen LogP contribution in [0.5, 0.6) is 5.88 Å². The van der Waals surface area contributed by atoms with Gasteiger partial charge in [-0.05, 0) is 36.8 Å². The Labute approximate surface area is 225 Å². The second-order valence-electron chi connectivity index (χ2n) is 9.23. The molecule has 0 aliphatic carbocycles. The molecule has 0 spiro atoms. The normalized spacial score (nSPS) is 17.2. The molecule has 1 aliphatic rings. The standard InChI is InChI=1S/C27H32F2N6O4/c1-17-25(35(19-7-5-4-6-8-19)33-26(17)39-16-24(36)30-2)32-27(37)31-23-15-34(11-12-38-3)14-20(23)18-9-10-21(28)22(29)13-18/h4-10,13,20,23H,11-12,14-16H2,1-3H3,(H,30,36)(H2,31,32,37)/t20-,23+/m0/s1. The second kappa shape index (κ2) is 12.7. The van der Waals surface area contributed by atoms with Gasteiger partial charge >= 0.3 is 6.03 Å². The number of benzene rings is 2. The van der Waals surface area contributed by atoms with E-state index in [2.05, 4.69) is 25.9 Å². The lowest BCUT2D eigenvalue weighted by Crippen LogP contribution is -2.42. The van der Waals surface area contributed by atoms with Gasteiger partial charge in [0.25, 0.3) is 5.91 Å². The van der Waals surface area contributed by atoms with Crippen molar-refractivity contribution in [2.45, 2.75) is 18.9 Å². The summed E-state index contributed by atoms with van der Waals surface area (Å²) < 4.78 is 39.9. The van der Waals surface area contributed by atoms with E-state index in [1.165, 1.54) is 17.8 Å². The molecule has 0 saturated carbocycles. The van der Waals surface area contributed by atoms with Crippen LogP contribution >= 0.6 is 0 Å². The molecule has 3 N–H and O–H groups in total. The predicted octanol–water partition coefficient (Wildman–Crippen LogP) is 2.82. The van der Waals surface area contributed by atoms with E-state index in [0.717, 1.165) is 6.07 Å². The average Bonchev–Trinajstić information content (AvgIpc) is 3.48. The van der Waals surface area contributed by atoms with Crippen molar-refractivity contribution in [3.63, 3.8) is 0 Å². The van der Waals surface area contributed by atoms with E-state index >= 15 is 0 Å². The van der Waals surface area contributed by atoms with Crippen molar-refractivity contribution in [1.82, 2.24) is 25.3 Å². The number of hydrogen-bond donors (Lipinski definition) is 3.